The number of urea groups is 1. The molecule has 0 spiro atoms. The standard InChI is InChI=1S/C12H23N3O3/c1-9(6-11(16)17)7-13-12(18)14-10-4-3-5-15(2)8-10/h9-10H,3-8H2,1-2H3,(H,16,17)(H2,13,14,18). The third kappa shape index (κ3) is 5.86. The summed E-state index contributed by atoms with van der Waals surface area (Å²) < 4.78 is 0. The molecule has 2 unspecified atom stereocenters. The largest absolute Gasteiger partial charge is 0.481 e. The minimum atomic E-state index is -0.835. The second-order valence-electron chi connectivity index (χ2n) is 5.16. The van der Waals surface area contributed by atoms with Crippen LogP contribution in [0, 0.1) is 5.92 Å². The highest BCUT2D eigenvalue weighted by molar-refractivity contribution is 5.74. The molecule has 18 heavy (non-hydrogen) atoms. The lowest BCUT2D eigenvalue weighted by molar-refractivity contribution is -0.137. The summed E-state index contributed by atoms with van der Waals surface area (Å²) in [6.45, 7) is 4.15. The molecule has 0 radical (unpaired) electrons. The van der Waals surface area contributed by atoms with Crippen LogP contribution < -0.4 is 10.6 Å². The van der Waals surface area contributed by atoms with Gasteiger partial charge in [0.05, 0.1) is 0 Å². The minimum absolute atomic E-state index is 0.0534. The van der Waals surface area contributed by atoms with Crippen molar-refractivity contribution in [2.75, 3.05) is 26.7 Å². The summed E-state index contributed by atoms with van der Waals surface area (Å²) in [7, 11) is 2.04. The van der Waals surface area contributed by atoms with Crippen LogP contribution in [0.25, 0.3) is 0 Å². The molecule has 6 nitrogen and oxygen atoms in total. The number of nitrogens with one attached hydrogen (secondary N) is 2. The molecule has 2 amide bonds. The lowest BCUT2D eigenvalue weighted by atomic mass is 10.1. The lowest BCUT2D eigenvalue weighted by Gasteiger charge is -2.30. The maximum Gasteiger partial charge on any atom is 0.315 e. The Bertz CT molecular complexity index is 296. The van der Waals surface area contributed by atoms with Gasteiger partial charge in [0.2, 0.25) is 0 Å². The van der Waals surface area contributed by atoms with Crippen molar-refractivity contribution in [1.82, 2.24) is 15.5 Å². The predicted molar refractivity (Wildman–Crippen MR) is 68.5 cm³/mol. The average molecular weight is 257 g/mol. The van der Waals surface area contributed by atoms with Gasteiger partial charge < -0.3 is 20.6 Å². The monoisotopic (exact) mass is 257 g/mol. The molecule has 3 N–H and O–H groups in total. The number of likely N-dealkylation sites (N-methyl/N-ethyl adjacent to an activating group) is 1. The first-order chi connectivity index (χ1) is 8.47. The Morgan fingerprint density at radius 2 is 2.22 bits per heavy atom. The molecule has 6 heteroatoms. The van der Waals surface area contributed by atoms with E-state index in [1.807, 2.05) is 14.0 Å². The molecule has 0 saturated carbocycles. The SMILES string of the molecule is CC(CNC(=O)NC1CCCN(C)C1)CC(=O)O. The molecule has 1 fully saturated rings. The van der Waals surface area contributed by atoms with E-state index in [9.17, 15) is 9.59 Å². The first-order valence-electron chi connectivity index (χ1n) is 6.42. The van der Waals surface area contributed by atoms with Gasteiger partial charge in [-0.2, -0.15) is 0 Å². The van der Waals surface area contributed by atoms with E-state index in [4.69, 9.17) is 5.11 Å². The van der Waals surface area contributed by atoms with Crippen molar-refractivity contribution in [3.05, 3.63) is 0 Å². The summed E-state index contributed by atoms with van der Waals surface area (Å²) in [5.74, 6) is -0.888. The van der Waals surface area contributed by atoms with Crippen molar-refractivity contribution < 1.29 is 14.7 Å². The zero-order chi connectivity index (χ0) is 13.5. The van der Waals surface area contributed by atoms with E-state index < -0.39 is 5.97 Å². The molecular weight excluding hydrogens is 234 g/mol. The van der Waals surface area contributed by atoms with Gasteiger partial charge in [-0.3, -0.25) is 4.79 Å². The first kappa shape index (κ1) is 14.8. The van der Waals surface area contributed by atoms with E-state index >= 15 is 0 Å². The summed E-state index contributed by atoms with van der Waals surface area (Å²) >= 11 is 0. The molecule has 1 aliphatic heterocycles. The van der Waals surface area contributed by atoms with Crippen LogP contribution >= 0.6 is 0 Å². The fourth-order valence-electron chi connectivity index (χ4n) is 2.16. The Morgan fingerprint density at radius 3 is 2.83 bits per heavy atom. The summed E-state index contributed by atoms with van der Waals surface area (Å²) in [4.78, 5) is 24.3. The second-order valence-corrected chi connectivity index (χ2v) is 5.16. The van der Waals surface area contributed by atoms with E-state index in [0.717, 1.165) is 25.9 Å². The molecule has 0 aromatic carbocycles. The number of amides is 2. The van der Waals surface area contributed by atoms with E-state index in [-0.39, 0.29) is 24.4 Å². The van der Waals surface area contributed by atoms with Gasteiger partial charge in [0.1, 0.15) is 0 Å². The average Bonchev–Trinajstić information content (AvgIpc) is 2.25. The van der Waals surface area contributed by atoms with Crippen molar-refractivity contribution in [1.29, 1.82) is 0 Å². The summed E-state index contributed by atoms with van der Waals surface area (Å²) in [6.07, 6.45) is 2.17. The van der Waals surface area contributed by atoms with Crippen molar-refractivity contribution >= 4 is 12.0 Å². The van der Waals surface area contributed by atoms with Gasteiger partial charge in [0, 0.05) is 25.6 Å². The lowest BCUT2D eigenvalue weighted by Crippen LogP contribution is -2.50. The van der Waals surface area contributed by atoms with E-state index in [2.05, 4.69) is 15.5 Å². The number of hydrogen-bond acceptors (Lipinski definition) is 3. The molecule has 1 heterocycles. The Morgan fingerprint density at radius 1 is 1.50 bits per heavy atom. The fraction of sp³-hybridized carbons (Fsp3) is 0.833. The van der Waals surface area contributed by atoms with Gasteiger partial charge in [0.25, 0.3) is 0 Å². The van der Waals surface area contributed by atoms with E-state index in [0.29, 0.717) is 6.54 Å². The van der Waals surface area contributed by atoms with Crippen molar-refractivity contribution in [3.8, 4) is 0 Å². The molecule has 2 atom stereocenters. The third-order valence-corrected chi connectivity index (χ3v) is 3.09. The number of carboxylic acid groups (broad SMARTS) is 1. The number of piperidine rings is 1. The highest BCUT2D eigenvalue weighted by Gasteiger charge is 2.19. The normalized spacial score (nSPS) is 22.2. The molecule has 1 aliphatic rings. The Labute approximate surface area is 108 Å². The summed E-state index contributed by atoms with van der Waals surface area (Å²) in [5.41, 5.74) is 0. The van der Waals surface area contributed by atoms with Crippen LogP contribution in [0.5, 0.6) is 0 Å². The fourth-order valence-corrected chi connectivity index (χ4v) is 2.16. The quantitative estimate of drug-likeness (QED) is 0.669. The van der Waals surface area contributed by atoms with Crippen molar-refractivity contribution in [3.63, 3.8) is 0 Å². The Balaban J connectivity index is 2.18. The van der Waals surface area contributed by atoms with Crippen LogP contribution in [0.3, 0.4) is 0 Å². The zero-order valence-corrected chi connectivity index (χ0v) is 11.1. The number of hydrogen-bond donors (Lipinski definition) is 3. The Hall–Kier alpha value is -1.30. The number of carboxylic acids is 1. The van der Waals surface area contributed by atoms with Crippen molar-refractivity contribution in [2.24, 2.45) is 5.92 Å². The van der Waals surface area contributed by atoms with Gasteiger partial charge in [-0.25, -0.2) is 4.79 Å². The topological polar surface area (TPSA) is 81.7 Å². The maximum absolute atomic E-state index is 11.6. The number of carbonyl (C=O) groups excluding carboxylic acids is 1. The molecule has 0 aromatic rings. The summed E-state index contributed by atoms with van der Waals surface area (Å²) in [5, 5.41) is 14.2. The molecule has 0 aromatic heterocycles. The third-order valence-electron chi connectivity index (χ3n) is 3.09. The van der Waals surface area contributed by atoms with Crippen molar-refractivity contribution in [2.45, 2.75) is 32.2 Å². The number of carbonyl (C=O) groups is 2. The highest BCUT2D eigenvalue weighted by atomic mass is 16.4. The first-order valence-corrected chi connectivity index (χ1v) is 6.42. The second kappa shape index (κ2) is 7.20. The van der Waals surface area contributed by atoms with Gasteiger partial charge in [-0.05, 0) is 32.4 Å². The molecule has 104 valence electrons. The molecule has 1 rings (SSSR count). The minimum Gasteiger partial charge on any atom is -0.481 e. The molecular formula is C12H23N3O3. The van der Waals surface area contributed by atoms with Gasteiger partial charge >= 0.3 is 12.0 Å². The maximum atomic E-state index is 11.6. The van der Waals surface area contributed by atoms with Crippen LogP contribution in [0.1, 0.15) is 26.2 Å². The number of rotatable bonds is 5. The number of likely N-dealkylation sites (tertiary alicyclic amines) is 1. The molecule has 1 saturated heterocycles. The van der Waals surface area contributed by atoms with Crippen LogP contribution in [0.4, 0.5) is 4.79 Å². The van der Waals surface area contributed by atoms with Crippen LogP contribution in [0.2, 0.25) is 0 Å². The van der Waals surface area contributed by atoms with Crippen LogP contribution in [-0.4, -0.2) is 54.7 Å². The van der Waals surface area contributed by atoms with Gasteiger partial charge in [0.15, 0.2) is 0 Å². The van der Waals surface area contributed by atoms with E-state index in [1.165, 1.54) is 0 Å². The molecule has 0 bridgehead atoms. The number of aliphatic carboxylic acids is 1. The van der Waals surface area contributed by atoms with Gasteiger partial charge in [-0.15, -0.1) is 0 Å². The van der Waals surface area contributed by atoms with Crippen LogP contribution in [-0.2, 0) is 4.79 Å². The van der Waals surface area contributed by atoms with Gasteiger partial charge in [-0.1, -0.05) is 6.92 Å². The van der Waals surface area contributed by atoms with Crippen LogP contribution in [0.15, 0.2) is 0 Å². The zero-order valence-electron chi connectivity index (χ0n) is 11.1. The highest BCUT2D eigenvalue weighted by Crippen LogP contribution is 2.07. The predicted octanol–water partition coefficient (Wildman–Crippen LogP) is 0.491. The summed E-state index contributed by atoms with van der Waals surface area (Å²) in [6, 6.07) is -0.00827. The molecule has 0 aliphatic carbocycles. The Kier molecular flexibility index (Phi) is 5.91. The smallest absolute Gasteiger partial charge is 0.315 e. The van der Waals surface area contributed by atoms with E-state index in [1.54, 1.807) is 0 Å². The number of nitrogens with zero attached hydrogens (tertiary/aromatic N) is 1.